The van der Waals surface area contributed by atoms with Crippen LogP contribution in [-0.4, -0.2) is 47.6 Å². The molecule has 0 radical (unpaired) electrons. The van der Waals surface area contributed by atoms with E-state index in [0.717, 1.165) is 16.9 Å². The smallest absolute Gasteiger partial charge is 0.240 e. The van der Waals surface area contributed by atoms with Crippen molar-refractivity contribution in [1.82, 2.24) is 5.43 Å². The van der Waals surface area contributed by atoms with Crippen LogP contribution in [0.2, 0.25) is 0 Å². The van der Waals surface area contributed by atoms with Gasteiger partial charge in [0.05, 0.1) is 31.2 Å². The van der Waals surface area contributed by atoms with E-state index in [1.807, 2.05) is 19.9 Å². The Morgan fingerprint density at radius 2 is 2.08 bits per heavy atom. The van der Waals surface area contributed by atoms with Crippen molar-refractivity contribution in [3.63, 3.8) is 0 Å². The van der Waals surface area contributed by atoms with Crippen LogP contribution in [0.1, 0.15) is 27.2 Å². The molecule has 0 aromatic carbocycles. The van der Waals surface area contributed by atoms with Gasteiger partial charge in [0, 0.05) is 25.0 Å². The highest BCUT2D eigenvalue weighted by Gasteiger charge is 2.44. The predicted octanol–water partition coefficient (Wildman–Crippen LogP) is 1.68. The lowest BCUT2D eigenvalue weighted by atomic mass is 9.85. The average Bonchev–Trinajstić information content (AvgIpc) is 2.62. The minimum absolute atomic E-state index is 0.00731. The van der Waals surface area contributed by atoms with Crippen LogP contribution in [0.25, 0.3) is 0 Å². The van der Waals surface area contributed by atoms with Crippen molar-refractivity contribution in [2.24, 2.45) is 11.0 Å². The second kappa shape index (κ2) is 8.01. The maximum atomic E-state index is 11.7. The highest BCUT2D eigenvalue weighted by molar-refractivity contribution is 7.67. The molecule has 2 rings (SSSR count). The summed E-state index contributed by atoms with van der Waals surface area (Å²) in [7, 11) is 4.57. The SMILES string of the molecule is COC1=CC(C(C)=CC2=NNC(=O)CC2C)=C(OC)C(C)(OC)C1=S=O. The van der Waals surface area contributed by atoms with Crippen LogP contribution in [0.15, 0.2) is 39.9 Å². The lowest BCUT2D eigenvalue weighted by Gasteiger charge is -2.35. The number of carbonyl (C=O) groups is 1. The summed E-state index contributed by atoms with van der Waals surface area (Å²) < 4.78 is 28.4. The quantitative estimate of drug-likeness (QED) is 0.734. The molecule has 0 saturated heterocycles. The molecule has 0 saturated carbocycles. The lowest BCUT2D eigenvalue weighted by molar-refractivity contribution is -0.121. The predicted molar refractivity (Wildman–Crippen MR) is 101 cm³/mol. The van der Waals surface area contributed by atoms with Gasteiger partial charge in [-0.2, -0.15) is 5.10 Å². The first kappa shape index (κ1) is 20.1. The summed E-state index contributed by atoms with van der Waals surface area (Å²) in [4.78, 5) is 11.8. The van der Waals surface area contributed by atoms with Crippen LogP contribution >= 0.6 is 0 Å². The molecule has 0 aromatic rings. The van der Waals surface area contributed by atoms with Gasteiger partial charge in [-0.1, -0.05) is 6.92 Å². The van der Waals surface area contributed by atoms with Gasteiger partial charge in [-0.25, -0.2) is 9.63 Å². The molecular weight excluding hydrogens is 356 g/mol. The largest absolute Gasteiger partial charge is 0.497 e. The number of nitrogens with one attached hydrogen (secondary N) is 1. The number of hydrogen-bond acceptors (Lipinski definition) is 6. The van der Waals surface area contributed by atoms with Crippen molar-refractivity contribution in [2.45, 2.75) is 32.8 Å². The molecule has 26 heavy (non-hydrogen) atoms. The molecule has 0 bridgehead atoms. The molecule has 1 aliphatic heterocycles. The van der Waals surface area contributed by atoms with Gasteiger partial charge in [-0.3, -0.25) is 4.79 Å². The van der Waals surface area contributed by atoms with Crippen LogP contribution in [0.5, 0.6) is 0 Å². The molecule has 7 nitrogen and oxygen atoms in total. The Labute approximate surface area is 156 Å². The Kier molecular flexibility index (Phi) is 6.20. The van der Waals surface area contributed by atoms with Gasteiger partial charge in [0.2, 0.25) is 5.91 Å². The third kappa shape index (κ3) is 3.52. The van der Waals surface area contributed by atoms with Gasteiger partial charge in [-0.05, 0) is 31.6 Å². The molecule has 2 atom stereocenters. The molecule has 1 aliphatic carbocycles. The molecule has 1 N–H and O–H groups in total. The van der Waals surface area contributed by atoms with Crippen molar-refractivity contribution in [2.75, 3.05) is 21.3 Å². The van der Waals surface area contributed by atoms with E-state index in [1.54, 1.807) is 20.1 Å². The van der Waals surface area contributed by atoms with Crippen molar-refractivity contribution < 1.29 is 23.2 Å². The Hall–Kier alpha value is -2.19. The molecule has 0 aromatic heterocycles. The van der Waals surface area contributed by atoms with Crippen LogP contribution < -0.4 is 5.43 Å². The fourth-order valence-electron chi connectivity index (χ4n) is 3.05. The Balaban J connectivity index is 2.61. The van der Waals surface area contributed by atoms with Crippen molar-refractivity contribution >= 4 is 27.7 Å². The third-order valence-corrected chi connectivity index (χ3v) is 5.38. The van der Waals surface area contributed by atoms with Gasteiger partial charge in [-0.15, -0.1) is 0 Å². The number of ether oxygens (including phenoxy) is 3. The first-order valence-electron chi connectivity index (χ1n) is 8.14. The highest BCUT2D eigenvalue weighted by Crippen LogP contribution is 2.37. The fraction of sp³-hybridized carbons (Fsp3) is 0.500. The molecule has 1 heterocycles. The summed E-state index contributed by atoms with van der Waals surface area (Å²) in [5, 5.41) is 4.14. The summed E-state index contributed by atoms with van der Waals surface area (Å²) in [6.45, 7) is 5.63. The Morgan fingerprint density at radius 3 is 2.58 bits per heavy atom. The average molecular weight is 380 g/mol. The number of methoxy groups -OCH3 is 3. The van der Waals surface area contributed by atoms with Gasteiger partial charge < -0.3 is 14.2 Å². The van der Waals surface area contributed by atoms with Crippen LogP contribution in [0.3, 0.4) is 0 Å². The van der Waals surface area contributed by atoms with E-state index in [-0.39, 0.29) is 11.8 Å². The monoisotopic (exact) mass is 380 g/mol. The van der Waals surface area contributed by atoms with Gasteiger partial charge in [0.1, 0.15) is 16.4 Å². The van der Waals surface area contributed by atoms with Crippen LogP contribution in [-0.2, 0) is 30.3 Å². The van der Waals surface area contributed by atoms with Crippen molar-refractivity contribution in [3.05, 3.63) is 34.8 Å². The zero-order valence-corrected chi connectivity index (χ0v) is 16.7. The van der Waals surface area contributed by atoms with Crippen molar-refractivity contribution in [3.8, 4) is 0 Å². The summed E-state index contributed by atoms with van der Waals surface area (Å²) in [5.74, 6) is 0.862. The maximum absolute atomic E-state index is 11.7. The first-order valence-corrected chi connectivity index (χ1v) is 8.88. The Morgan fingerprint density at radius 1 is 1.38 bits per heavy atom. The molecule has 1 amide bonds. The topological polar surface area (TPSA) is 86.2 Å². The fourth-order valence-corrected chi connectivity index (χ4v) is 3.61. The maximum Gasteiger partial charge on any atom is 0.240 e. The van der Waals surface area contributed by atoms with E-state index in [0.29, 0.717) is 34.1 Å². The van der Waals surface area contributed by atoms with E-state index < -0.39 is 5.60 Å². The number of hydrogen-bond donors (Lipinski definition) is 1. The summed E-state index contributed by atoms with van der Waals surface area (Å²) >= 11 is 0.323. The first-order chi connectivity index (χ1) is 12.3. The number of hydrazone groups is 1. The van der Waals surface area contributed by atoms with Gasteiger partial charge >= 0.3 is 0 Å². The van der Waals surface area contributed by atoms with Gasteiger partial charge in [0.15, 0.2) is 5.60 Å². The summed E-state index contributed by atoms with van der Waals surface area (Å²) in [6, 6.07) is 0. The highest BCUT2D eigenvalue weighted by atomic mass is 32.1. The van der Waals surface area contributed by atoms with E-state index in [2.05, 4.69) is 10.5 Å². The molecule has 2 aliphatic rings. The summed E-state index contributed by atoms with van der Waals surface area (Å²) in [6.07, 6.45) is 4.05. The standard InChI is InChI=1S/C18H24N2O5S/c1-10(7-13-11(2)8-15(21)20-19-13)12-9-14(23-4)17(26-22)18(3,25-6)16(12)24-5/h7,9,11H,8H2,1-6H3,(H,20,21). The van der Waals surface area contributed by atoms with E-state index >= 15 is 0 Å². The number of carbonyl (C=O) groups excluding carboxylic acids is 1. The lowest BCUT2D eigenvalue weighted by Crippen LogP contribution is -2.44. The summed E-state index contributed by atoms with van der Waals surface area (Å²) in [5.41, 5.74) is 3.82. The third-order valence-electron chi connectivity index (χ3n) is 4.62. The normalized spacial score (nSPS) is 26.8. The molecule has 0 spiro atoms. The minimum Gasteiger partial charge on any atom is -0.497 e. The second-order valence-corrected chi connectivity index (χ2v) is 6.89. The van der Waals surface area contributed by atoms with Crippen LogP contribution in [0.4, 0.5) is 0 Å². The zero-order chi connectivity index (χ0) is 19.5. The molecule has 8 heteroatoms. The van der Waals surface area contributed by atoms with Crippen molar-refractivity contribution in [1.29, 1.82) is 0 Å². The van der Waals surface area contributed by atoms with Crippen LogP contribution in [0, 0.1) is 5.92 Å². The molecular formula is C18H24N2O5S. The molecule has 0 fully saturated rings. The molecule has 2 unspecified atom stereocenters. The second-order valence-electron chi connectivity index (χ2n) is 6.31. The van der Waals surface area contributed by atoms with Gasteiger partial charge in [0.25, 0.3) is 0 Å². The zero-order valence-electron chi connectivity index (χ0n) is 15.8. The van der Waals surface area contributed by atoms with E-state index in [9.17, 15) is 9.00 Å². The number of nitrogens with zero attached hydrogens (tertiary/aromatic N) is 1. The molecule has 142 valence electrons. The minimum atomic E-state index is -1.06. The number of rotatable bonds is 5. The number of allylic oxidation sites excluding steroid dienone is 4. The van der Waals surface area contributed by atoms with E-state index in [4.69, 9.17) is 14.2 Å². The number of amides is 1. The van der Waals surface area contributed by atoms with E-state index in [1.165, 1.54) is 14.2 Å². The Bertz CT molecular complexity index is 789.